The van der Waals surface area contributed by atoms with Crippen LogP contribution in [0, 0.1) is 18.3 Å². The molecule has 13 heavy (non-hydrogen) atoms. The summed E-state index contributed by atoms with van der Waals surface area (Å²) in [6.45, 7) is 1.91. The second-order valence-corrected chi connectivity index (χ2v) is 3.30. The molecule has 0 atom stereocenters. The first-order valence-corrected chi connectivity index (χ1v) is 4.30. The molecule has 2 heteroatoms. The largest absolute Gasteiger partial charge is 0.294 e. The molecule has 0 spiro atoms. The second-order valence-electron chi connectivity index (χ2n) is 3.30. The van der Waals surface area contributed by atoms with E-state index < -0.39 is 0 Å². The molecule has 0 saturated carbocycles. The molecule has 0 heterocycles. The number of fused-ring (bicyclic) bond motifs is 1. The Morgan fingerprint density at radius 1 is 1.38 bits per heavy atom. The smallest absolute Gasteiger partial charge is 0.163 e. The monoisotopic (exact) mass is 171 g/mol. The number of hydrogen-bond acceptors (Lipinski definition) is 2. The topological polar surface area (TPSA) is 40.9 Å². The third-order valence-corrected chi connectivity index (χ3v) is 2.62. The Morgan fingerprint density at radius 3 is 2.85 bits per heavy atom. The first kappa shape index (κ1) is 8.00. The maximum absolute atomic E-state index is 11.3. The standard InChI is InChI=1S/C11H9NO/c1-7-8(6-12)2-3-10-9(7)4-5-11(10)13/h2-3H,4-5H2,1H3. The van der Waals surface area contributed by atoms with Gasteiger partial charge in [0.05, 0.1) is 11.6 Å². The van der Waals surface area contributed by atoms with Crippen LogP contribution >= 0.6 is 0 Å². The lowest BCUT2D eigenvalue weighted by Gasteiger charge is -2.03. The van der Waals surface area contributed by atoms with Crippen LogP contribution in [0.15, 0.2) is 12.1 Å². The zero-order chi connectivity index (χ0) is 9.42. The van der Waals surface area contributed by atoms with Crippen LogP contribution in [0.1, 0.15) is 33.5 Å². The summed E-state index contributed by atoms with van der Waals surface area (Å²) in [6, 6.07) is 5.64. The van der Waals surface area contributed by atoms with Crippen LogP contribution in [0.2, 0.25) is 0 Å². The molecule has 2 nitrogen and oxygen atoms in total. The fourth-order valence-electron chi connectivity index (χ4n) is 1.83. The summed E-state index contributed by atoms with van der Waals surface area (Å²) >= 11 is 0. The van der Waals surface area contributed by atoms with Gasteiger partial charge in [0.25, 0.3) is 0 Å². The lowest BCUT2D eigenvalue weighted by Crippen LogP contribution is -1.94. The Hall–Kier alpha value is -1.62. The molecule has 0 unspecified atom stereocenters. The molecule has 0 aliphatic heterocycles. The van der Waals surface area contributed by atoms with E-state index in [9.17, 15) is 4.79 Å². The Bertz CT molecular complexity index is 426. The van der Waals surface area contributed by atoms with Crippen molar-refractivity contribution in [1.82, 2.24) is 0 Å². The molecule has 0 amide bonds. The van der Waals surface area contributed by atoms with E-state index >= 15 is 0 Å². The summed E-state index contributed by atoms with van der Waals surface area (Å²) in [7, 11) is 0. The Balaban J connectivity index is 2.68. The number of ketones is 1. The normalized spacial score (nSPS) is 14.0. The van der Waals surface area contributed by atoms with Crippen molar-refractivity contribution in [3.63, 3.8) is 0 Å². The summed E-state index contributed by atoms with van der Waals surface area (Å²) in [6.07, 6.45) is 1.40. The van der Waals surface area contributed by atoms with Gasteiger partial charge >= 0.3 is 0 Å². The van der Waals surface area contributed by atoms with Gasteiger partial charge in [0, 0.05) is 12.0 Å². The summed E-state index contributed by atoms with van der Waals surface area (Å²) in [5.74, 6) is 0.211. The van der Waals surface area contributed by atoms with Gasteiger partial charge < -0.3 is 0 Å². The minimum absolute atomic E-state index is 0.211. The fraction of sp³-hybridized carbons (Fsp3) is 0.273. The van der Waals surface area contributed by atoms with E-state index in [0.29, 0.717) is 12.0 Å². The van der Waals surface area contributed by atoms with Crippen molar-refractivity contribution < 1.29 is 4.79 Å². The van der Waals surface area contributed by atoms with Crippen LogP contribution in [0.3, 0.4) is 0 Å². The Morgan fingerprint density at radius 2 is 2.15 bits per heavy atom. The average molecular weight is 171 g/mol. The van der Waals surface area contributed by atoms with Crippen molar-refractivity contribution in [3.05, 3.63) is 34.4 Å². The number of carbonyl (C=O) groups is 1. The highest BCUT2D eigenvalue weighted by Crippen LogP contribution is 2.26. The van der Waals surface area contributed by atoms with E-state index in [0.717, 1.165) is 23.1 Å². The van der Waals surface area contributed by atoms with E-state index in [1.165, 1.54) is 0 Å². The van der Waals surface area contributed by atoms with E-state index in [1.807, 2.05) is 6.92 Å². The number of Topliss-reactive ketones (excluding diaryl/α,β-unsaturated/α-hetero) is 1. The van der Waals surface area contributed by atoms with Crippen LogP contribution in [0.4, 0.5) is 0 Å². The lowest BCUT2D eigenvalue weighted by molar-refractivity contribution is 0.0994. The van der Waals surface area contributed by atoms with Crippen molar-refractivity contribution >= 4 is 5.78 Å². The third-order valence-electron chi connectivity index (χ3n) is 2.62. The predicted molar refractivity (Wildman–Crippen MR) is 48.5 cm³/mol. The van der Waals surface area contributed by atoms with Crippen LogP contribution in [-0.2, 0) is 6.42 Å². The highest BCUT2D eigenvalue weighted by molar-refractivity contribution is 6.01. The summed E-state index contributed by atoms with van der Waals surface area (Å²) in [5, 5.41) is 8.78. The van der Waals surface area contributed by atoms with Crippen LogP contribution in [0.5, 0.6) is 0 Å². The number of rotatable bonds is 0. The number of carbonyl (C=O) groups excluding carboxylic acids is 1. The molecule has 0 aromatic heterocycles. The molecule has 64 valence electrons. The van der Waals surface area contributed by atoms with E-state index in [1.54, 1.807) is 12.1 Å². The lowest BCUT2D eigenvalue weighted by atomic mass is 9.99. The molecule has 0 N–H and O–H groups in total. The van der Waals surface area contributed by atoms with Gasteiger partial charge in [-0.15, -0.1) is 0 Å². The number of benzene rings is 1. The van der Waals surface area contributed by atoms with Crippen molar-refractivity contribution in [2.24, 2.45) is 0 Å². The molecule has 0 saturated heterocycles. The van der Waals surface area contributed by atoms with Crippen LogP contribution in [-0.4, -0.2) is 5.78 Å². The van der Waals surface area contributed by atoms with Gasteiger partial charge in [-0.05, 0) is 36.6 Å². The number of nitriles is 1. The van der Waals surface area contributed by atoms with Crippen molar-refractivity contribution in [2.45, 2.75) is 19.8 Å². The summed E-state index contributed by atoms with van der Waals surface area (Å²) in [4.78, 5) is 11.3. The Labute approximate surface area is 76.8 Å². The average Bonchev–Trinajstić information content (AvgIpc) is 2.50. The zero-order valence-corrected chi connectivity index (χ0v) is 7.42. The number of nitrogens with zero attached hydrogens (tertiary/aromatic N) is 1. The molecule has 0 bridgehead atoms. The summed E-state index contributed by atoms with van der Waals surface area (Å²) < 4.78 is 0. The molecule has 1 aromatic rings. The van der Waals surface area contributed by atoms with Crippen molar-refractivity contribution in [3.8, 4) is 6.07 Å². The van der Waals surface area contributed by atoms with Crippen molar-refractivity contribution in [1.29, 1.82) is 5.26 Å². The first-order valence-electron chi connectivity index (χ1n) is 4.30. The molecule has 1 aliphatic carbocycles. The first-order chi connectivity index (χ1) is 6.24. The molecular weight excluding hydrogens is 162 g/mol. The molecule has 0 fully saturated rings. The molecule has 1 aromatic carbocycles. The van der Waals surface area contributed by atoms with Gasteiger partial charge in [-0.1, -0.05) is 0 Å². The highest BCUT2D eigenvalue weighted by atomic mass is 16.1. The van der Waals surface area contributed by atoms with E-state index in [-0.39, 0.29) is 5.78 Å². The highest BCUT2D eigenvalue weighted by Gasteiger charge is 2.21. The van der Waals surface area contributed by atoms with Gasteiger partial charge in [-0.25, -0.2) is 0 Å². The predicted octanol–water partition coefficient (Wildman–Crippen LogP) is 2.00. The fourth-order valence-corrected chi connectivity index (χ4v) is 1.83. The summed E-state index contributed by atoms with van der Waals surface area (Å²) in [5.41, 5.74) is 3.56. The van der Waals surface area contributed by atoms with E-state index in [2.05, 4.69) is 6.07 Å². The SMILES string of the molecule is Cc1c(C#N)ccc2c1CCC2=O. The molecular formula is C11H9NO. The minimum Gasteiger partial charge on any atom is -0.294 e. The van der Waals surface area contributed by atoms with Gasteiger partial charge in [0.15, 0.2) is 5.78 Å². The van der Waals surface area contributed by atoms with Gasteiger partial charge in [-0.3, -0.25) is 4.79 Å². The maximum atomic E-state index is 11.3. The number of hydrogen-bond donors (Lipinski definition) is 0. The zero-order valence-electron chi connectivity index (χ0n) is 7.42. The van der Waals surface area contributed by atoms with Crippen molar-refractivity contribution in [2.75, 3.05) is 0 Å². The van der Waals surface area contributed by atoms with Crippen LogP contribution in [0.25, 0.3) is 0 Å². The van der Waals surface area contributed by atoms with Gasteiger partial charge in [0.1, 0.15) is 0 Å². The molecule has 1 aliphatic rings. The van der Waals surface area contributed by atoms with Gasteiger partial charge in [0.2, 0.25) is 0 Å². The third kappa shape index (κ3) is 1.05. The van der Waals surface area contributed by atoms with Crippen LogP contribution < -0.4 is 0 Å². The Kier molecular flexibility index (Phi) is 1.66. The second kappa shape index (κ2) is 2.70. The maximum Gasteiger partial charge on any atom is 0.163 e. The van der Waals surface area contributed by atoms with E-state index in [4.69, 9.17) is 5.26 Å². The quantitative estimate of drug-likeness (QED) is 0.599. The molecule has 0 radical (unpaired) electrons. The minimum atomic E-state index is 0.211. The van der Waals surface area contributed by atoms with Gasteiger partial charge in [-0.2, -0.15) is 5.26 Å². The molecule has 2 rings (SSSR count).